The molecular weight excluding hydrogens is 536 g/mol. The lowest BCUT2D eigenvalue weighted by Crippen LogP contribution is -2.27. The highest BCUT2D eigenvalue weighted by atomic mass is 32.2. The number of nitrogens with zero attached hydrogens (tertiary/aromatic N) is 2. The van der Waals surface area contributed by atoms with E-state index >= 15 is 0 Å². The van der Waals surface area contributed by atoms with E-state index in [4.69, 9.17) is 14.7 Å². The van der Waals surface area contributed by atoms with Gasteiger partial charge in [0.25, 0.3) is 0 Å². The molecule has 220 valence electrons. The van der Waals surface area contributed by atoms with Crippen LogP contribution in [0.1, 0.15) is 69.6 Å². The Labute approximate surface area is 243 Å². The Morgan fingerprint density at radius 3 is 2.44 bits per heavy atom. The molecule has 0 spiro atoms. The van der Waals surface area contributed by atoms with Crippen LogP contribution in [0.5, 0.6) is 5.75 Å². The van der Waals surface area contributed by atoms with Gasteiger partial charge >= 0.3 is 0 Å². The van der Waals surface area contributed by atoms with Crippen molar-refractivity contribution < 1.29 is 13.2 Å². The Morgan fingerprint density at radius 2 is 1.71 bits per heavy atom. The smallest absolute Gasteiger partial charge is 0.231 e. The van der Waals surface area contributed by atoms with E-state index in [-0.39, 0.29) is 11.0 Å². The monoisotopic (exact) mass is 578 g/mol. The van der Waals surface area contributed by atoms with E-state index in [9.17, 15) is 8.42 Å². The number of nitrogens with one attached hydrogen (secondary N) is 4. The fourth-order valence-electron chi connectivity index (χ4n) is 5.59. The number of hydrogen-bond acceptors (Lipinski definition) is 9. The van der Waals surface area contributed by atoms with Crippen molar-refractivity contribution >= 4 is 38.8 Å². The minimum absolute atomic E-state index is 0.000256. The van der Waals surface area contributed by atoms with Crippen molar-refractivity contribution in [2.45, 2.75) is 82.5 Å². The van der Waals surface area contributed by atoms with Crippen LogP contribution < -0.4 is 26.0 Å². The van der Waals surface area contributed by atoms with E-state index in [0.717, 1.165) is 73.7 Å². The number of hydrogen-bond donors (Lipinski definition) is 4. The van der Waals surface area contributed by atoms with Gasteiger partial charge in [0.05, 0.1) is 27.6 Å². The molecule has 10 heteroatoms. The summed E-state index contributed by atoms with van der Waals surface area (Å²) >= 11 is 0. The number of benzene rings is 2. The summed E-state index contributed by atoms with van der Waals surface area (Å²) in [6.45, 7) is 12.5. The highest BCUT2D eigenvalue weighted by Gasteiger charge is 2.26. The maximum absolute atomic E-state index is 13.1. The van der Waals surface area contributed by atoms with Crippen molar-refractivity contribution in [2.75, 3.05) is 35.6 Å². The summed E-state index contributed by atoms with van der Waals surface area (Å²) in [4.78, 5) is 9.95. The van der Waals surface area contributed by atoms with Crippen molar-refractivity contribution in [3.05, 3.63) is 53.1 Å². The van der Waals surface area contributed by atoms with Crippen LogP contribution >= 0.6 is 0 Å². The minimum atomic E-state index is -3.50. The van der Waals surface area contributed by atoms with Gasteiger partial charge in [-0.2, -0.15) is 9.97 Å². The average Bonchev–Trinajstić information content (AvgIpc) is 2.95. The molecule has 0 aliphatic carbocycles. The lowest BCUT2D eigenvalue weighted by molar-refractivity contribution is 0.241. The number of para-hydroxylation sites is 1. The summed E-state index contributed by atoms with van der Waals surface area (Å²) in [6.07, 6.45) is 3.94. The molecule has 2 aliphatic heterocycles. The number of ether oxygens (including phenoxy) is 1. The third kappa shape index (κ3) is 6.28. The molecule has 2 aromatic carbocycles. The predicted molar refractivity (Wildman–Crippen MR) is 166 cm³/mol. The van der Waals surface area contributed by atoms with Crippen molar-refractivity contribution in [1.29, 1.82) is 0 Å². The van der Waals surface area contributed by atoms with Gasteiger partial charge in [-0.15, -0.1) is 0 Å². The second kappa shape index (κ2) is 12.2. The predicted octanol–water partition coefficient (Wildman–Crippen LogP) is 6.07. The van der Waals surface area contributed by atoms with Gasteiger partial charge in [0.1, 0.15) is 17.4 Å². The largest absolute Gasteiger partial charge is 0.489 e. The number of rotatable bonds is 9. The molecule has 1 fully saturated rings. The standard InChI is InChI=1S/C31H42N6O3S/c1-19(2)40-28-21(5)23(22-14-17-32-18-15-22)12-13-26(28)35-31-36-29-24(9-8-16-33-29)30(37-31)34-25-10-6-7-11-27(25)41(38,39)20(3)4/h6-7,10-13,19-20,22,32H,8-9,14-18H2,1-5H3,(H3,33,34,35,36,37). The van der Waals surface area contributed by atoms with Crippen LogP contribution in [0, 0.1) is 6.92 Å². The van der Waals surface area contributed by atoms with Gasteiger partial charge in [-0.1, -0.05) is 18.2 Å². The highest BCUT2D eigenvalue weighted by molar-refractivity contribution is 7.92. The van der Waals surface area contributed by atoms with E-state index < -0.39 is 15.1 Å². The van der Waals surface area contributed by atoms with Crippen molar-refractivity contribution in [3.8, 4) is 5.75 Å². The van der Waals surface area contributed by atoms with Gasteiger partial charge < -0.3 is 26.0 Å². The minimum Gasteiger partial charge on any atom is -0.489 e. The molecule has 5 rings (SSSR count). The molecule has 41 heavy (non-hydrogen) atoms. The topological polar surface area (TPSA) is 117 Å². The summed E-state index contributed by atoms with van der Waals surface area (Å²) in [6, 6.07) is 11.3. The maximum atomic E-state index is 13.1. The summed E-state index contributed by atoms with van der Waals surface area (Å²) in [5.74, 6) is 3.06. The molecule has 0 saturated carbocycles. The molecule has 3 heterocycles. The van der Waals surface area contributed by atoms with Crippen LogP contribution in [0.4, 0.5) is 29.0 Å². The summed E-state index contributed by atoms with van der Waals surface area (Å²) in [5, 5.41) is 13.1. The van der Waals surface area contributed by atoms with Gasteiger partial charge in [-0.3, -0.25) is 0 Å². The lowest BCUT2D eigenvalue weighted by Gasteiger charge is -2.27. The van der Waals surface area contributed by atoms with Crippen molar-refractivity contribution in [1.82, 2.24) is 15.3 Å². The first-order chi connectivity index (χ1) is 19.6. The van der Waals surface area contributed by atoms with Crippen molar-refractivity contribution in [2.24, 2.45) is 0 Å². The normalized spacial score (nSPS) is 15.9. The molecule has 0 atom stereocenters. The Kier molecular flexibility index (Phi) is 8.70. The second-order valence-electron chi connectivity index (χ2n) is 11.4. The molecule has 0 bridgehead atoms. The van der Waals surface area contributed by atoms with Gasteiger partial charge in [-0.25, -0.2) is 8.42 Å². The first-order valence-electron chi connectivity index (χ1n) is 14.7. The number of fused-ring (bicyclic) bond motifs is 1. The van der Waals surface area contributed by atoms with Gasteiger partial charge in [-0.05, 0) is 109 Å². The van der Waals surface area contributed by atoms with E-state index in [1.807, 2.05) is 19.9 Å². The maximum Gasteiger partial charge on any atom is 0.231 e. The van der Waals surface area contributed by atoms with Crippen LogP contribution in [0.2, 0.25) is 0 Å². The van der Waals surface area contributed by atoms with Gasteiger partial charge in [0.15, 0.2) is 9.84 Å². The molecule has 1 saturated heterocycles. The fourth-order valence-corrected chi connectivity index (χ4v) is 6.79. The highest BCUT2D eigenvalue weighted by Crippen LogP contribution is 2.40. The van der Waals surface area contributed by atoms with Crippen LogP contribution in [0.15, 0.2) is 41.3 Å². The zero-order valence-corrected chi connectivity index (χ0v) is 25.5. The quantitative estimate of drug-likeness (QED) is 0.240. The summed E-state index contributed by atoms with van der Waals surface area (Å²) in [7, 11) is -3.50. The van der Waals surface area contributed by atoms with Crippen molar-refractivity contribution in [3.63, 3.8) is 0 Å². The molecule has 9 nitrogen and oxygen atoms in total. The fraction of sp³-hybridized carbons (Fsp3) is 0.484. The molecule has 3 aromatic rings. The lowest BCUT2D eigenvalue weighted by atomic mass is 9.87. The Morgan fingerprint density at radius 1 is 0.951 bits per heavy atom. The van der Waals surface area contributed by atoms with Gasteiger partial charge in [0, 0.05) is 12.1 Å². The third-order valence-corrected chi connectivity index (χ3v) is 10.0. The first kappa shape index (κ1) is 29.1. The Hall–Kier alpha value is -3.37. The average molecular weight is 579 g/mol. The third-order valence-electron chi connectivity index (χ3n) is 7.80. The molecule has 0 unspecified atom stereocenters. The van der Waals surface area contributed by atoms with Crippen LogP contribution in [-0.4, -0.2) is 49.4 Å². The summed E-state index contributed by atoms with van der Waals surface area (Å²) < 4.78 is 32.6. The first-order valence-corrected chi connectivity index (χ1v) is 16.2. The zero-order valence-electron chi connectivity index (χ0n) is 24.7. The molecule has 1 aromatic heterocycles. The SMILES string of the molecule is Cc1c(C2CCNCC2)ccc(Nc2nc3c(c(Nc4ccccc4S(=O)(=O)C(C)C)n2)CCCN3)c1OC(C)C. The Balaban J connectivity index is 1.53. The van der Waals surface area contributed by atoms with Crippen LogP contribution in [-0.2, 0) is 16.3 Å². The molecule has 2 aliphatic rings. The van der Waals surface area contributed by atoms with E-state index in [1.165, 1.54) is 5.56 Å². The molecule has 0 radical (unpaired) electrons. The van der Waals surface area contributed by atoms with Gasteiger partial charge in [0.2, 0.25) is 5.95 Å². The number of piperidine rings is 1. The van der Waals surface area contributed by atoms with Crippen LogP contribution in [0.25, 0.3) is 0 Å². The van der Waals surface area contributed by atoms with Crippen LogP contribution in [0.3, 0.4) is 0 Å². The molecular formula is C31H42N6O3S. The number of sulfone groups is 1. The second-order valence-corrected chi connectivity index (χ2v) is 13.9. The zero-order chi connectivity index (χ0) is 29.1. The summed E-state index contributed by atoms with van der Waals surface area (Å²) in [5.41, 5.74) is 4.71. The number of aromatic nitrogens is 2. The number of anilines is 5. The molecule has 4 N–H and O–H groups in total. The van der Waals surface area contributed by atoms with E-state index in [2.05, 4.69) is 40.3 Å². The Bertz CT molecular complexity index is 1500. The van der Waals surface area contributed by atoms with E-state index in [0.29, 0.717) is 23.4 Å². The van der Waals surface area contributed by atoms with E-state index in [1.54, 1.807) is 32.0 Å². The molecule has 0 amide bonds.